The molecule has 1 saturated heterocycles. The van der Waals surface area contributed by atoms with Crippen LogP contribution in [0.1, 0.15) is 70.3 Å². The largest absolute Gasteiger partial charge is 0.508 e. The van der Waals surface area contributed by atoms with Crippen LogP contribution in [0.3, 0.4) is 0 Å². The molecule has 0 spiro atoms. The third kappa shape index (κ3) is 6.39. The Hall–Kier alpha value is -3.03. The minimum atomic E-state index is -0.435. The Kier molecular flexibility index (Phi) is 8.88. The van der Waals surface area contributed by atoms with Crippen molar-refractivity contribution in [3.05, 3.63) is 30.0 Å². The lowest BCUT2D eigenvalue weighted by molar-refractivity contribution is -0.149. The van der Waals surface area contributed by atoms with E-state index in [1.807, 2.05) is 12.3 Å². The third-order valence-electron chi connectivity index (χ3n) is 7.72. The summed E-state index contributed by atoms with van der Waals surface area (Å²) in [4.78, 5) is 45.1. The second-order valence-corrected chi connectivity index (χ2v) is 10.1. The van der Waals surface area contributed by atoms with Crippen LogP contribution >= 0.6 is 0 Å². The Labute approximate surface area is 213 Å². The minimum Gasteiger partial charge on any atom is -0.508 e. The number of fused-ring (bicyclic) bond motifs is 2. The maximum Gasteiger partial charge on any atom is 0.325 e. The standard InChI is InChI=1S/C28H39N3O5/c1-2-36-28(35)19-30(16-14-21-18-29-24-13-12-22(32)17-23(21)24)26(33)10-5-11-27(34)31-15-6-8-20-7-3-4-9-25(20)31/h12-13,17-18,20,25,29,32H,2-11,14-16,19H2,1H3. The summed E-state index contributed by atoms with van der Waals surface area (Å²) in [6.07, 6.45) is 10.6. The number of piperidine rings is 1. The number of carbonyl (C=O) groups is 3. The SMILES string of the molecule is CCOC(=O)CN(CCc1c[nH]c2ccc(O)cc12)C(=O)CCCC(=O)N1CCCC2CCCCC21. The highest BCUT2D eigenvalue weighted by atomic mass is 16.5. The number of benzene rings is 1. The number of phenols is 1. The molecule has 2 atom stereocenters. The highest BCUT2D eigenvalue weighted by molar-refractivity contribution is 5.85. The Morgan fingerprint density at radius 2 is 1.94 bits per heavy atom. The minimum absolute atomic E-state index is 0.107. The fourth-order valence-corrected chi connectivity index (χ4v) is 5.91. The number of aromatic amines is 1. The molecule has 8 heteroatoms. The molecule has 36 heavy (non-hydrogen) atoms. The number of hydrogen-bond acceptors (Lipinski definition) is 5. The number of phenolic OH excluding ortho intramolecular Hbond substituents is 1. The summed E-state index contributed by atoms with van der Waals surface area (Å²) in [5.74, 6) is 0.406. The van der Waals surface area contributed by atoms with Crippen LogP contribution in [0.15, 0.2) is 24.4 Å². The third-order valence-corrected chi connectivity index (χ3v) is 7.72. The highest BCUT2D eigenvalue weighted by Crippen LogP contribution is 2.35. The Morgan fingerprint density at radius 1 is 1.14 bits per heavy atom. The van der Waals surface area contributed by atoms with Crippen LogP contribution in [0.5, 0.6) is 5.75 Å². The van der Waals surface area contributed by atoms with Crippen LogP contribution in [-0.2, 0) is 25.5 Å². The first kappa shape index (κ1) is 26.0. The van der Waals surface area contributed by atoms with Crippen molar-refractivity contribution in [1.29, 1.82) is 0 Å². The number of nitrogens with one attached hydrogen (secondary N) is 1. The van der Waals surface area contributed by atoms with Gasteiger partial charge in [-0.1, -0.05) is 12.8 Å². The van der Waals surface area contributed by atoms with Gasteiger partial charge in [-0.05, 0) is 75.1 Å². The number of H-pyrrole nitrogens is 1. The van der Waals surface area contributed by atoms with Crippen molar-refractivity contribution in [3.8, 4) is 5.75 Å². The number of likely N-dealkylation sites (tertiary alicyclic amines) is 1. The fourth-order valence-electron chi connectivity index (χ4n) is 5.91. The zero-order valence-electron chi connectivity index (χ0n) is 21.3. The van der Waals surface area contributed by atoms with Gasteiger partial charge in [-0.2, -0.15) is 0 Å². The fraction of sp³-hybridized carbons (Fsp3) is 0.607. The van der Waals surface area contributed by atoms with E-state index in [4.69, 9.17) is 4.74 Å². The van der Waals surface area contributed by atoms with E-state index in [0.29, 0.717) is 37.8 Å². The lowest BCUT2D eigenvalue weighted by atomic mass is 9.78. The molecule has 1 aliphatic carbocycles. The van der Waals surface area contributed by atoms with Crippen LogP contribution in [-0.4, -0.2) is 70.0 Å². The van der Waals surface area contributed by atoms with Gasteiger partial charge >= 0.3 is 5.97 Å². The summed E-state index contributed by atoms with van der Waals surface area (Å²) in [5.41, 5.74) is 1.87. The normalized spacial score (nSPS) is 19.6. The molecule has 1 aromatic carbocycles. The van der Waals surface area contributed by atoms with Crippen molar-refractivity contribution in [2.75, 3.05) is 26.2 Å². The summed E-state index contributed by atoms with van der Waals surface area (Å²) in [7, 11) is 0. The molecule has 2 aromatic rings. The molecule has 2 heterocycles. The predicted octanol–water partition coefficient (Wildman–Crippen LogP) is 4.16. The van der Waals surface area contributed by atoms with Gasteiger partial charge in [0, 0.05) is 49.1 Å². The van der Waals surface area contributed by atoms with Gasteiger partial charge in [0.25, 0.3) is 0 Å². The number of esters is 1. The molecule has 2 N–H and O–H groups in total. The van der Waals surface area contributed by atoms with Gasteiger partial charge in [0.1, 0.15) is 12.3 Å². The first-order chi connectivity index (χ1) is 17.5. The lowest BCUT2D eigenvalue weighted by Gasteiger charge is -2.44. The number of amides is 2. The van der Waals surface area contributed by atoms with Crippen molar-refractivity contribution < 1.29 is 24.2 Å². The molecule has 1 saturated carbocycles. The number of nitrogens with zero attached hydrogens (tertiary/aromatic N) is 2. The van der Waals surface area contributed by atoms with E-state index >= 15 is 0 Å². The van der Waals surface area contributed by atoms with Crippen LogP contribution < -0.4 is 0 Å². The van der Waals surface area contributed by atoms with Crippen molar-refractivity contribution >= 4 is 28.7 Å². The average molecular weight is 498 g/mol. The summed E-state index contributed by atoms with van der Waals surface area (Å²) in [5, 5.41) is 10.7. The van der Waals surface area contributed by atoms with E-state index in [-0.39, 0.29) is 37.1 Å². The lowest BCUT2D eigenvalue weighted by Crippen LogP contribution is -2.49. The van der Waals surface area contributed by atoms with Crippen LogP contribution in [0, 0.1) is 5.92 Å². The molecule has 8 nitrogen and oxygen atoms in total. The Balaban J connectivity index is 1.33. The van der Waals surface area contributed by atoms with E-state index in [0.717, 1.165) is 35.9 Å². The quantitative estimate of drug-likeness (QED) is 0.480. The van der Waals surface area contributed by atoms with Gasteiger partial charge < -0.3 is 24.6 Å². The molecular formula is C28H39N3O5. The van der Waals surface area contributed by atoms with E-state index < -0.39 is 5.97 Å². The summed E-state index contributed by atoms with van der Waals surface area (Å²) < 4.78 is 5.09. The van der Waals surface area contributed by atoms with Crippen molar-refractivity contribution in [2.24, 2.45) is 5.92 Å². The van der Waals surface area contributed by atoms with Crippen molar-refractivity contribution in [1.82, 2.24) is 14.8 Å². The van der Waals surface area contributed by atoms with Crippen LogP contribution in [0.25, 0.3) is 10.9 Å². The number of rotatable bonds is 10. The molecular weight excluding hydrogens is 458 g/mol. The van der Waals surface area contributed by atoms with Crippen LogP contribution in [0.2, 0.25) is 0 Å². The number of hydrogen-bond donors (Lipinski definition) is 2. The molecule has 1 aromatic heterocycles. The number of ether oxygens (including phenoxy) is 1. The van der Waals surface area contributed by atoms with Gasteiger partial charge in [-0.15, -0.1) is 0 Å². The molecule has 0 bridgehead atoms. The topological polar surface area (TPSA) is 103 Å². The smallest absolute Gasteiger partial charge is 0.325 e. The van der Waals surface area contributed by atoms with Gasteiger partial charge in [0.05, 0.1) is 6.61 Å². The van der Waals surface area contributed by atoms with Gasteiger partial charge in [0.15, 0.2) is 0 Å². The van der Waals surface area contributed by atoms with Crippen LogP contribution in [0.4, 0.5) is 0 Å². The zero-order valence-corrected chi connectivity index (χ0v) is 21.3. The Morgan fingerprint density at radius 3 is 2.78 bits per heavy atom. The maximum absolute atomic E-state index is 13.1. The molecule has 196 valence electrons. The summed E-state index contributed by atoms with van der Waals surface area (Å²) in [6.45, 7) is 3.08. The molecule has 4 rings (SSSR count). The predicted molar refractivity (Wildman–Crippen MR) is 137 cm³/mol. The van der Waals surface area contributed by atoms with Gasteiger partial charge in [-0.25, -0.2) is 0 Å². The van der Waals surface area contributed by atoms with E-state index in [1.54, 1.807) is 19.1 Å². The van der Waals surface area contributed by atoms with Crippen molar-refractivity contribution in [2.45, 2.75) is 77.2 Å². The van der Waals surface area contributed by atoms with E-state index in [1.165, 1.54) is 30.6 Å². The Bertz CT molecular complexity index is 1060. The molecule has 2 aliphatic rings. The first-order valence-corrected chi connectivity index (χ1v) is 13.5. The molecule has 2 fully saturated rings. The molecule has 0 radical (unpaired) electrons. The molecule has 1 aliphatic heterocycles. The monoisotopic (exact) mass is 497 g/mol. The van der Waals surface area contributed by atoms with Crippen molar-refractivity contribution in [3.63, 3.8) is 0 Å². The zero-order chi connectivity index (χ0) is 25.5. The van der Waals surface area contributed by atoms with E-state index in [9.17, 15) is 19.5 Å². The van der Waals surface area contributed by atoms with Gasteiger partial charge in [0.2, 0.25) is 11.8 Å². The number of aromatic hydroxyl groups is 1. The summed E-state index contributed by atoms with van der Waals surface area (Å²) >= 11 is 0. The van der Waals surface area contributed by atoms with E-state index in [2.05, 4.69) is 9.88 Å². The second-order valence-electron chi connectivity index (χ2n) is 10.1. The maximum atomic E-state index is 13.1. The van der Waals surface area contributed by atoms with Gasteiger partial charge in [-0.3, -0.25) is 14.4 Å². The molecule has 2 amide bonds. The number of aromatic nitrogens is 1. The first-order valence-electron chi connectivity index (χ1n) is 13.5. The summed E-state index contributed by atoms with van der Waals surface area (Å²) in [6, 6.07) is 5.51. The average Bonchev–Trinajstić information content (AvgIpc) is 3.28. The second kappa shape index (κ2) is 12.3. The number of carbonyl (C=O) groups excluding carboxylic acids is 3. The molecule has 2 unspecified atom stereocenters. The highest BCUT2D eigenvalue weighted by Gasteiger charge is 2.35.